The summed E-state index contributed by atoms with van der Waals surface area (Å²) in [5.41, 5.74) is 1.99. The fourth-order valence-corrected chi connectivity index (χ4v) is 4.38. The molecule has 1 N–H and O–H groups in total. The number of hydrogen-bond acceptors (Lipinski definition) is 5. The third-order valence-electron chi connectivity index (χ3n) is 5.85. The number of benzene rings is 3. The van der Waals surface area contributed by atoms with E-state index in [1.165, 1.54) is 36.3 Å². The number of carbonyl (C=O) groups is 2. The van der Waals surface area contributed by atoms with Gasteiger partial charge >= 0.3 is 6.36 Å². The molecule has 0 spiro atoms. The van der Waals surface area contributed by atoms with Crippen LogP contribution in [0.5, 0.6) is 11.5 Å². The van der Waals surface area contributed by atoms with Crippen molar-refractivity contribution in [1.82, 2.24) is 9.80 Å². The smallest absolute Gasteiger partial charge is 0.497 e. The highest BCUT2D eigenvalue weighted by molar-refractivity contribution is 7.80. The topological polar surface area (TPSA) is 71.1 Å². The molecule has 7 nitrogen and oxygen atoms in total. The second-order valence-corrected chi connectivity index (χ2v) is 8.87. The summed E-state index contributed by atoms with van der Waals surface area (Å²) in [6, 6.07) is 20.5. The maximum absolute atomic E-state index is 13.5. The normalized spacial score (nSPS) is 15.5. The number of hydrogen-bond donors (Lipinski definition) is 1. The molecule has 38 heavy (non-hydrogen) atoms. The minimum atomic E-state index is -4.80. The van der Waals surface area contributed by atoms with Gasteiger partial charge in [-0.15, -0.1) is 13.2 Å². The number of nitrogens with one attached hydrogen (secondary N) is 1. The quantitative estimate of drug-likeness (QED) is 0.378. The molecule has 4 rings (SSSR count). The number of ether oxygens (including phenoxy) is 2. The fourth-order valence-electron chi connectivity index (χ4n) is 4.04. The lowest BCUT2D eigenvalue weighted by atomic mass is 10.1. The van der Waals surface area contributed by atoms with Crippen LogP contribution in [0.2, 0.25) is 0 Å². The van der Waals surface area contributed by atoms with Crippen molar-refractivity contribution in [2.24, 2.45) is 0 Å². The van der Waals surface area contributed by atoms with Gasteiger partial charge in [0.05, 0.1) is 20.1 Å². The van der Waals surface area contributed by atoms with Crippen molar-refractivity contribution < 1.29 is 32.2 Å². The van der Waals surface area contributed by atoms with E-state index in [0.29, 0.717) is 17.0 Å². The van der Waals surface area contributed by atoms with Crippen LogP contribution in [0, 0.1) is 0 Å². The van der Waals surface area contributed by atoms with E-state index in [-0.39, 0.29) is 36.3 Å². The zero-order valence-corrected chi connectivity index (χ0v) is 21.1. The van der Waals surface area contributed by atoms with Gasteiger partial charge in [-0.05, 0) is 59.7 Å². The molecule has 1 aliphatic rings. The van der Waals surface area contributed by atoms with Gasteiger partial charge in [0, 0.05) is 12.2 Å². The average Bonchev–Trinajstić information content (AvgIpc) is 3.09. The number of alkyl halides is 3. The lowest BCUT2D eigenvalue weighted by molar-refractivity contribution is -0.274. The van der Waals surface area contributed by atoms with Crippen molar-refractivity contribution in [1.29, 1.82) is 0 Å². The Hall–Kier alpha value is -4.12. The Kier molecular flexibility index (Phi) is 8.16. The highest BCUT2D eigenvalue weighted by atomic mass is 32.1. The van der Waals surface area contributed by atoms with Gasteiger partial charge in [-0.2, -0.15) is 0 Å². The molecule has 198 valence electrons. The van der Waals surface area contributed by atoms with Crippen LogP contribution in [0.1, 0.15) is 17.5 Å². The molecule has 1 heterocycles. The number of carbonyl (C=O) groups excluding carboxylic acids is 2. The number of anilines is 1. The number of halogens is 3. The van der Waals surface area contributed by atoms with Crippen LogP contribution in [0.25, 0.3) is 0 Å². The van der Waals surface area contributed by atoms with Crippen LogP contribution in [-0.4, -0.2) is 46.2 Å². The summed E-state index contributed by atoms with van der Waals surface area (Å²) >= 11 is 5.63. The van der Waals surface area contributed by atoms with Crippen LogP contribution >= 0.6 is 12.2 Å². The van der Waals surface area contributed by atoms with E-state index in [9.17, 15) is 22.8 Å². The summed E-state index contributed by atoms with van der Waals surface area (Å²) in [5, 5.41) is 3.01. The minimum Gasteiger partial charge on any atom is -0.497 e. The SMILES string of the molecule is COc1ccc(NC(=O)CC2C(=O)N(Cc3ccccc3)C(=S)N2Cc2ccc(OC(F)(F)F)cc2)cc1. The summed E-state index contributed by atoms with van der Waals surface area (Å²) in [6.45, 7) is 0.340. The van der Waals surface area contributed by atoms with Crippen LogP contribution in [0.15, 0.2) is 78.9 Å². The maximum Gasteiger partial charge on any atom is 0.573 e. The van der Waals surface area contributed by atoms with E-state index in [2.05, 4.69) is 10.1 Å². The summed E-state index contributed by atoms with van der Waals surface area (Å²) < 4.78 is 46.6. The molecule has 0 aliphatic carbocycles. The standard InChI is InChI=1S/C27H24F3N3O4S/c1-36-21-13-9-20(10-14-21)31-24(34)15-23-25(35)33(17-18-5-3-2-4-6-18)26(38)32(23)16-19-7-11-22(12-8-19)37-27(28,29)30/h2-14,23H,15-17H2,1H3,(H,31,34). The highest BCUT2D eigenvalue weighted by Crippen LogP contribution is 2.28. The van der Waals surface area contributed by atoms with Crippen molar-refractivity contribution in [2.45, 2.75) is 31.9 Å². The number of methoxy groups -OCH3 is 1. The average molecular weight is 544 g/mol. The predicted octanol–water partition coefficient (Wildman–Crippen LogP) is 5.12. The van der Waals surface area contributed by atoms with Crippen molar-refractivity contribution >= 4 is 34.8 Å². The summed E-state index contributed by atoms with van der Waals surface area (Å²) in [7, 11) is 1.54. The van der Waals surface area contributed by atoms with Crippen molar-refractivity contribution in [3.63, 3.8) is 0 Å². The fraction of sp³-hybridized carbons (Fsp3) is 0.222. The summed E-state index contributed by atoms with van der Waals surface area (Å²) in [4.78, 5) is 29.4. The molecule has 0 radical (unpaired) electrons. The molecule has 11 heteroatoms. The Morgan fingerprint density at radius 2 is 1.53 bits per heavy atom. The lowest BCUT2D eigenvalue weighted by Crippen LogP contribution is -2.37. The number of nitrogens with zero attached hydrogens (tertiary/aromatic N) is 2. The molecule has 1 atom stereocenters. The number of rotatable bonds is 9. The van der Waals surface area contributed by atoms with Gasteiger partial charge in [-0.1, -0.05) is 42.5 Å². The van der Waals surface area contributed by atoms with Crippen LogP contribution < -0.4 is 14.8 Å². The first-order chi connectivity index (χ1) is 18.1. The van der Waals surface area contributed by atoms with Gasteiger partial charge in [0.2, 0.25) is 5.91 Å². The van der Waals surface area contributed by atoms with E-state index in [1.54, 1.807) is 29.2 Å². The Balaban J connectivity index is 1.53. The first-order valence-corrected chi connectivity index (χ1v) is 12.0. The van der Waals surface area contributed by atoms with Crippen LogP contribution in [0.4, 0.5) is 18.9 Å². The summed E-state index contributed by atoms with van der Waals surface area (Å²) in [5.74, 6) is -0.450. The first kappa shape index (κ1) is 26.9. The molecule has 3 aromatic rings. The second kappa shape index (κ2) is 11.5. The molecule has 0 saturated carbocycles. The molecular formula is C27H24F3N3O4S. The zero-order valence-electron chi connectivity index (χ0n) is 20.3. The largest absolute Gasteiger partial charge is 0.573 e. The molecule has 2 amide bonds. The zero-order chi connectivity index (χ0) is 27.3. The minimum absolute atomic E-state index is 0.114. The van der Waals surface area contributed by atoms with Crippen LogP contribution in [-0.2, 0) is 22.7 Å². The van der Waals surface area contributed by atoms with Crippen molar-refractivity contribution in [3.05, 3.63) is 90.0 Å². The Morgan fingerprint density at radius 3 is 2.13 bits per heavy atom. The van der Waals surface area contributed by atoms with Crippen LogP contribution in [0.3, 0.4) is 0 Å². The molecule has 0 bridgehead atoms. The van der Waals surface area contributed by atoms with Gasteiger partial charge in [-0.25, -0.2) is 0 Å². The molecular weight excluding hydrogens is 519 g/mol. The van der Waals surface area contributed by atoms with Gasteiger partial charge in [0.15, 0.2) is 5.11 Å². The van der Waals surface area contributed by atoms with Gasteiger partial charge < -0.3 is 19.7 Å². The highest BCUT2D eigenvalue weighted by Gasteiger charge is 2.43. The lowest BCUT2D eigenvalue weighted by Gasteiger charge is -2.24. The monoisotopic (exact) mass is 543 g/mol. The molecule has 1 saturated heterocycles. The second-order valence-electron chi connectivity index (χ2n) is 8.51. The third kappa shape index (κ3) is 6.80. The van der Waals surface area contributed by atoms with Gasteiger partial charge in [0.1, 0.15) is 17.5 Å². The van der Waals surface area contributed by atoms with E-state index in [1.807, 2.05) is 30.3 Å². The Labute approximate surface area is 222 Å². The molecule has 1 unspecified atom stereocenters. The van der Waals surface area contributed by atoms with E-state index >= 15 is 0 Å². The van der Waals surface area contributed by atoms with E-state index in [0.717, 1.165) is 5.56 Å². The molecule has 1 fully saturated rings. The van der Waals surface area contributed by atoms with Gasteiger partial charge in [0.25, 0.3) is 5.91 Å². The Morgan fingerprint density at radius 1 is 0.921 bits per heavy atom. The molecule has 1 aliphatic heterocycles. The first-order valence-electron chi connectivity index (χ1n) is 11.6. The number of amides is 2. The molecule has 3 aromatic carbocycles. The van der Waals surface area contributed by atoms with Crippen molar-refractivity contribution in [3.8, 4) is 11.5 Å². The molecule has 0 aromatic heterocycles. The predicted molar refractivity (Wildman–Crippen MR) is 138 cm³/mol. The third-order valence-corrected chi connectivity index (χ3v) is 6.30. The summed E-state index contributed by atoms with van der Waals surface area (Å²) in [6.07, 6.45) is -4.98. The number of thiocarbonyl (C=S) groups is 1. The van der Waals surface area contributed by atoms with E-state index < -0.39 is 18.3 Å². The van der Waals surface area contributed by atoms with Gasteiger partial charge in [-0.3, -0.25) is 14.5 Å². The van der Waals surface area contributed by atoms with Crippen molar-refractivity contribution in [2.75, 3.05) is 12.4 Å². The Bertz CT molecular complexity index is 1290. The maximum atomic E-state index is 13.5. The van der Waals surface area contributed by atoms with E-state index in [4.69, 9.17) is 17.0 Å².